The fraction of sp³-hybridized carbons (Fsp3) is 0.294. The number of aromatic hydroxyl groups is 1. The van der Waals surface area contributed by atoms with E-state index in [1.165, 1.54) is 5.56 Å². The highest BCUT2D eigenvalue weighted by molar-refractivity contribution is 9.10. The summed E-state index contributed by atoms with van der Waals surface area (Å²) in [5.41, 5.74) is 3.13. The smallest absolute Gasteiger partial charge is 0.122 e. The van der Waals surface area contributed by atoms with Crippen LogP contribution in [-0.2, 0) is 6.54 Å². The molecule has 2 aromatic carbocycles. The molecule has 3 heteroatoms. The molecular weight excluding hydrogens is 314 g/mol. The molecule has 1 unspecified atom stereocenters. The van der Waals surface area contributed by atoms with Crippen molar-refractivity contribution in [1.29, 1.82) is 0 Å². The molecule has 0 aliphatic heterocycles. The van der Waals surface area contributed by atoms with Crippen LogP contribution in [0.2, 0.25) is 0 Å². The van der Waals surface area contributed by atoms with Crippen LogP contribution in [0.5, 0.6) is 5.75 Å². The minimum absolute atomic E-state index is 0.294. The number of rotatable bonds is 5. The predicted octanol–water partition coefficient (Wildman–Crippen LogP) is 4.70. The quantitative estimate of drug-likeness (QED) is 0.830. The summed E-state index contributed by atoms with van der Waals surface area (Å²) in [6.07, 6.45) is 1.01. The first-order valence-corrected chi connectivity index (χ1v) is 7.67. The van der Waals surface area contributed by atoms with Crippen LogP contribution in [0, 0.1) is 6.92 Å². The van der Waals surface area contributed by atoms with Crippen molar-refractivity contribution in [2.45, 2.75) is 32.9 Å². The molecular formula is C17H20BrNO. The van der Waals surface area contributed by atoms with Gasteiger partial charge in [0, 0.05) is 22.6 Å². The highest BCUT2D eigenvalue weighted by Gasteiger charge is 2.10. The van der Waals surface area contributed by atoms with E-state index >= 15 is 0 Å². The third kappa shape index (κ3) is 3.62. The molecule has 0 aromatic heterocycles. The van der Waals surface area contributed by atoms with E-state index in [2.05, 4.69) is 52.4 Å². The van der Waals surface area contributed by atoms with Gasteiger partial charge in [0.25, 0.3) is 0 Å². The largest absolute Gasteiger partial charge is 0.507 e. The normalized spacial score (nSPS) is 12.3. The van der Waals surface area contributed by atoms with E-state index in [1.54, 1.807) is 0 Å². The molecule has 2 rings (SSSR count). The van der Waals surface area contributed by atoms with Crippen LogP contribution in [0.25, 0.3) is 0 Å². The summed E-state index contributed by atoms with van der Waals surface area (Å²) in [5.74, 6) is 0.394. The van der Waals surface area contributed by atoms with Gasteiger partial charge >= 0.3 is 0 Å². The molecule has 0 radical (unpaired) electrons. The van der Waals surface area contributed by atoms with E-state index in [1.807, 2.05) is 25.1 Å². The first kappa shape index (κ1) is 15.1. The van der Waals surface area contributed by atoms with E-state index in [4.69, 9.17) is 0 Å². The van der Waals surface area contributed by atoms with Gasteiger partial charge in [-0.05, 0) is 36.6 Å². The molecule has 106 valence electrons. The Morgan fingerprint density at radius 3 is 2.50 bits per heavy atom. The number of benzene rings is 2. The number of aryl methyl sites for hydroxylation is 1. The van der Waals surface area contributed by atoms with Gasteiger partial charge < -0.3 is 10.4 Å². The van der Waals surface area contributed by atoms with E-state index in [9.17, 15) is 5.11 Å². The van der Waals surface area contributed by atoms with Crippen molar-refractivity contribution in [3.63, 3.8) is 0 Å². The monoisotopic (exact) mass is 333 g/mol. The minimum Gasteiger partial charge on any atom is -0.507 e. The Hall–Kier alpha value is -1.32. The maximum absolute atomic E-state index is 10.0. The van der Waals surface area contributed by atoms with Crippen LogP contribution in [0.3, 0.4) is 0 Å². The molecule has 0 fully saturated rings. The van der Waals surface area contributed by atoms with Gasteiger partial charge in [0.05, 0.1) is 0 Å². The van der Waals surface area contributed by atoms with Gasteiger partial charge in [-0.2, -0.15) is 0 Å². The van der Waals surface area contributed by atoms with Crippen molar-refractivity contribution in [2.24, 2.45) is 0 Å². The Morgan fingerprint density at radius 1 is 1.15 bits per heavy atom. The summed E-state index contributed by atoms with van der Waals surface area (Å²) in [6.45, 7) is 4.75. The Kier molecular flexibility index (Phi) is 5.21. The number of hydrogen-bond acceptors (Lipinski definition) is 2. The topological polar surface area (TPSA) is 32.3 Å². The van der Waals surface area contributed by atoms with E-state index < -0.39 is 0 Å². The second-order valence-electron chi connectivity index (χ2n) is 4.98. The molecule has 2 aromatic rings. The summed E-state index contributed by atoms with van der Waals surface area (Å²) < 4.78 is 1.09. The number of para-hydroxylation sites is 1. The summed E-state index contributed by atoms with van der Waals surface area (Å²) in [5, 5.41) is 13.6. The summed E-state index contributed by atoms with van der Waals surface area (Å²) in [4.78, 5) is 0. The highest BCUT2D eigenvalue weighted by atomic mass is 79.9. The Balaban J connectivity index is 2.07. The zero-order valence-electron chi connectivity index (χ0n) is 11.9. The summed E-state index contributed by atoms with van der Waals surface area (Å²) in [6, 6.07) is 14.5. The van der Waals surface area contributed by atoms with Crippen LogP contribution in [-0.4, -0.2) is 5.11 Å². The van der Waals surface area contributed by atoms with E-state index in [0.717, 1.165) is 22.0 Å². The molecule has 0 amide bonds. The SMILES string of the molecule is CCC(NCc1cccc(C)c1O)c1ccc(Br)cc1. The maximum atomic E-state index is 10.0. The highest BCUT2D eigenvalue weighted by Crippen LogP contribution is 2.24. The molecule has 1 atom stereocenters. The first-order valence-electron chi connectivity index (χ1n) is 6.88. The van der Waals surface area contributed by atoms with E-state index in [-0.39, 0.29) is 0 Å². The van der Waals surface area contributed by atoms with Gasteiger partial charge in [-0.3, -0.25) is 0 Å². The maximum Gasteiger partial charge on any atom is 0.122 e. The third-order valence-corrected chi connectivity index (χ3v) is 4.07. The van der Waals surface area contributed by atoms with Crippen molar-refractivity contribution in [1.82, 2.24) is 5.32 Å². The lowest BCUT2D eigenvalue weighted by Gasteiger charge is -2.18. The molecule has 0 spiro atoms. The average molecular weight is 334 g/mol. The number of phenolic OH excluding ortho intramolecular Hbond substituents is 1. The number of hydrogen-bond donors (Lipinski definition) is 2. The lowest BCUT2D eigenvalue weighted by atomic mass is 10.0. The first-order chi connectivity index (χ1) is 9.61. The van der Waals surface area contributed by atoms with E-state index in [0.29, 0.717) is 18.3 Å². The Morgan fingerprint density at radius 2 is 1.85 bits per heavy atom. The van der Waals surface area contributed by atoms with Crippen molar-refractivity contribution in [3.05, 3.63) is 63.6 Å². The molecule has 0 aliphatic carbocycles. The molecule has 0 saturated carbocycles. The molecule has 20 heavy (non-hydrogen) atoms. The number of phenols is 1. The van der Waals surface area contributed by atoms with Crippen molar-refractivity contribution in [3.8, 4) is 5.75 Å². The molecule has 0 bridgehead atoms. The van der Waals surface area contributed by atoms with Crippen molar-refractivity contribution >= 4 is 15.9 Å². The summed E-state index contributed by atoms with van der Waals surface area (Å²) >= 11 is 3.46. The predicted molar refractivity (Wildman–Crippen MR) is 86.9 cm³/mol. The zero-order valence-corrected chi connectivity index (χ0v) is 13.4. The van der Waals surface area contributed by atoms with Crippen LogP contribution in [0.4, 0.5) is 0 Å². The van der Waals surface area contributed by atoms with Crippen LogP contribution >= 0.6 is 15.9 Å². The van der Waals surface area contributed by atoms with Crippen LogP contribution < -0.4 is 5.32 Å². The number of nitrogens with one attached hydrogen (secondary N) is 1. The number of halogens is 1. The molecule has 2 N–H and O–H groups in total. The van der Waals surface area contributed by atoms with Gasteiger partial charge in [0.1, 0.15) is 5.75 Å². The van der Waals surface area contributed by atoms with Gasteiger partial charge in [0.2, 0.25) is 0 Å². The van der Waals surface area contributed by atoms with Crippen LogP contribution in [0.1, 0.15) is 36.1 Å². The van der Waals surface area contributed by atoms with Gasteiger partial charge in [-0.1, -0.05) is 53.2 Å². The molecule has 0 saturated heterocycles. The summed E-state index contributed by atoms with van der Waals surface area (Å²) in [7, 11) is 0. The van der Waals surface area contributed by atoms with Gasteiger partial charge in [-0.15, -0.1) is 0 Å². The second-order valence-corrected chi connectivity index (χ2v) is 5.89. The zero-order chi connectivity index (χ0) is 14.5. The fourth-order valence-electron chi connectivity index (χ4n) is 2.29. The molecule has 2 nitrogen and oxygen atoms in total. The van der Waals surface area contributed by atoms with Gasteiger partial charge in [-0.25, -0.2) is 0 Å². The second kappa shape index (κ2) is 6.91. The Bertz CT molecular complexity index is 566. The molecule has 0 aliphatic rings. The average Bonchev–Trinajstić information content (AvgIpc) is 2.45. The molecule has 0 heterocycles. The van der Waals surface area contributed by atoms with Gasteiger partial charge in [0.15, 0.2) is 0 Å². The lowest BCUT2D eigenvalue weighted by Crippen LogP contribution is -2.20. The van der Waals surface area contributed by atoms with Crippen molar-refractivity contribution in [2.75, 3.05) is 0 Å². The standard InChI is InChI=1S/C17H20BrNO/c1-3-16(13-7-9-15(18)10-8-13)19-11-14-6-4-5-12(2)17(14)20/h4-10,16,19-20H,3,11H2,1-2H3. The van der Waals surface area contributed by atoms with Crippen molar-refractivity contribution < 1.29 is 5.11 Å². The fourth-order valence-corrected chi connectivity index (χ4v) is 2.55. The van der Waals surface area contributed by atoms with Crippen LogP contribution in [0.15, 0.2) is 46.9 Å². The minimum atomic E-state index is 0.294. The third-order valence-electron chi connectivity index (χ3n) is 3.54. The lowest BCUT2D eigenvalue weighted by molar-refractivity contribution is 0.451. The Labute approximate surface area is 129 Å².